The van der Waals surface area contributed by atoms with Crippen LogP contribution in [-0.2, 0) is 11.8 Å². The highest BCUT2D eigenvalue weighted by Crippen LogP contribution is 2.54. The van der Waals surface area contributed by atoms with Crippen molar-refractivity contribution in [3.05, 3.63) is 34.4 Å². The molecule has 0 bridgehead atoms. The third-order valence-corrected chi connectivity index (χ3v) is 5.36. The van der Waals surface area contributed by atoms with Crippen LogP contribution >= 0.6 is 11.6 Å². The van der Waals surface area contributed by atoms with E-state index >= 15 is 0 Å². The number of benzene rings is 1. The second-order valence-corrected chi connectivity index (χ2v) is 6.27. The number of fused-ring (bicyclic) bond motifs is 3. The number of ether oxygens (including phenoxy) is 2. The number of hydrogen-bond acceptors (Lipinski definition) is 3. The Balaban J connectivity index is 2.32. The maximum Gasteiger partial charge on any atom is 0.165 e. The number of allylic oxidation sites excluding steroid dienone is 1. The zero-order valence-electron chi connectivity index (χ0n) is 12.5. The molecule has 1 N–H and O–H groups in total. The van der Waals surface area contributed by atoms with Crippen molar-refractivity contribution in [2.24, 2.45) is 5.92 Å². The lowest BCUT2D eigenvalue weighted by Gasteiger charge is -2.45. The highest BCUT2D eigenvalue weighted by atomic mass is 35.5. The summed E-state index contributed by atoms with van der Waals surface area (Å²) in [7, 11) is 3.26. The van der Waals surface area contributed by atoms with E-state index in [1.165, 1.54) is 0 Å². The highest BCUT2D eigenvalue weighted by molar-refractivity contribution is 6.31. The van der Waals surface area contributed by atoms with Crippen LogP contribution in [-0.4, -0.2) is 25.9 Å². The van der Waals surface area contributed by atoms with Crippen LogP contribution in [0.1, 0.15) is 30.4 Å². The first-order chi connectivity index (χ1) is 10.2. The highest BCUT2D eigenvalue weighted by Gasteiger charge is 2.46. The zero-order valence-corrected chi connectivity index (χ0v) is 13.2. The van der Waals surface area contributed by atoms with Gasteiger partial charge >= 0.3 is 0 Å². The van der Waals surface area contributed by atoms with Crippen molar-refractivity contribution in [1.29, 1.82) is 0 Å². The van der Waals surface area contributed by atoms with Gasteiger partial charge in [-0.25, -0.2) is 0 Å². The average molecular weight is 309 g/mol. The van der Waals surface area contributed by atoms with E-state index in [1.54, 1.807) is 14.2 Å². The monoisotopic (exact) mass is 308 g/mol. The predicted molar refractivity (Wildman–Crippen MR) is 83.5 cm³/mol. The molecule has 0 saturated heterocycles. The van der Waals surface area contributed by atoms with E-state index in [-0.39, 0.29) is 6.61 Å². The lowest BCUT2D eigenvalue weighted by atomic mass is 9.60. The molecule has 0 radical (unpaired) electrons. The zero-order chi connectivity index (χ0) is 15.0. The molecule has 0 unspecified atom stereocenters. The van der Waals surface area contributed by atoms with Crippen molar-refractivity contribution < 1.29 is 14.6 Å². The topological polar surface area (TPSA) is 38.7 Å². The third kappa shape index (κ3) is 2.06. The standard InChI is InChI=1S/C17H21ClO3/c1-20-14-9-13(18)12-7-6-11-5-3-4-8-17(11,10-19)15(12)16(14)21-2/h4,8-9,11,19H,3,5-7,10H2,1-2H3/t11-,17+/m0/s1. The molecule has 0 amide bonds. The normalized spacial score (nSPS) is 27.0. The maximum absolute atomic E-state index is 10.2. The van der Waals surface area contributed by atoms with E-state index in [0.717, 1.165) is 36.8 Å². The summed E-state index contributed by atoms with van der Waals surface area (Å²) < 4.78 is 11.1. The van der Waals surface area contributed by atoms with E-state index < -0.39 is 5.41 Å². The molecule has 4 heteroatoms. The first kappa shape index (κ1) is 14.7. The molecule has 1 aromatic carbocycles. The summed E-state index contributed by atoms with van der Waals surface area (Å²) in [6.45, 7) is 0.0705. The minimum Gasteiger partial charge on any atom is -0.493 e. The summed E-state index contributed by atoms with van der Waals surface area (Å²) in [6.07, 6.45) is 8.45. The molecule has 2 atom stereocenters. The quantitative estimate of drug-likeness (QED) is 0.869. The van der Waals surface area contributed by atoms with E-state index in [9.17, 15) is 5.11 Å². The lowest BCUT2D eigenvalue weighted by Crippen LogP contribution is -2.43. The van der Waals surface area contributed by atoms with Crippen LogP contribution in [0, 0.1) is 5.92 Å². The molecule has 2 aliphatic rings. The minimum absolute atomic E-state index is 0.0705. The fraction of sp³-hybridized carbons (Fsp3) is 0.529. The molecule has 0 aromatic heterocycles. The number of rotatable bonds is 3. The summed E-state index contributed by atoms with van der Waals surface area (Å²) in [5.41, 5.74) is 1.71. The second-order valence-electron chi connectivity index (χ2n) is 5.86. The van der Waals surface area contributed by atoms with Crippen LogP contribution in [0.3, 0.4) is 0 Å². The number of halogens is 1. The molecule has 3 nitrogen and oxygen atoms in total. The Hall–Kier alpha value is -1.19. The largest absolute Gasteiger partial charge is 0.493 e. The number of methoxy groups -OCH3 is 2. The van der Waals surface area contributed by atoms with Crippen molar-refractivity contribution in [2.75, 3.05) is 20.8 Å². The van der Waals surface area contributed by atoms with Crippen LogP contribution in [0.25, 0.3) is 0 Å². The van der Waals surface area contributed by atoms with E-state index in [0.29, 0.717) is 22.4 Å². The average Bonchev–Trinajstić information content (AvgIpc) is 2.54. The Morgan fingerprint density at radius 1 is 1.33 bits per heavy atom. The molecular weight excluding hydrogens is 288 g/mol. The molecular formula is C17H21ClO3. The molecule has 3 rings (SSSR count). The van der Waals surface area contributed by atoms with E-state index in [2.05, 4.69) is 12.2 Å². The SMILES string of the molecule is COc1cc(Cl)c2c(c1OC)[C@@]1(CO)C=CCC[C@H]1CC2. The van der Waals surface area contributed by atoms with Crippen molar-refractivity contribution in [3.63, 3.8) is 0 Å². The van der Waals surface area contributed by atoms with Crippen LogP contribution in [0.4, 0.5) is 0 Å². The Kier molecular flexibility index (Phi) is 3.89. The molecule has 114 valence electrons. The fourth-order valence-corrected chi connectivity index (χ4v) is 4.28. The van der Waals surface area contributed by atoms with Crippen LogP contribution < -0.4 is 9.47 Å². The van der Waals surface area contributed by atoms with Gasteiger partial charge in [0.25, 0.3) is 0 Å². The lowest BCUT2D eigenvalue weighted by molar-refractivity contribution is 0.142. The van der Waals surface area contributed by atoms with Gasteiger partial charge in [0.1, 0.15) is 0 Å². The third-order valence-electron chi connectivity index (χ3n) is 5.02. The molecule has 1 aromatic rings. The summed E-state index contributed by atoms with van der Waals surface area (Å²) >= 11 is 6.46. The van der Waals surface area contributed by atoms with Gasteiger partial charge in [-0.05, 0) is 37.2 Å². The summed E-state index contributed by atoms with van der Waals surface area (Å²) in [5.74, 6) is 1.77. The Morgan fingerprint density at radius 3 is 2.81 bits per heavy atom. The first-order valence-electron chi connectivity index (χ1n) is 7.40. The van der Waals surface area contributed by atoms with Crippen LogP contribution in [0.5, 0.6) is 11.5 Å². The van der Waals surface area contributed by atoms with Gasteiger partial charge in [0.15, 0.2) is 11.5 Å². The van der Waals surface area contributed by atoms with Crippen molar-refractivity contribution in [1.82, 2.24) is 0 Å². The molecule has 0 fully saturated rings. The number of hydrogen-bond donors (Lipinski definition) is 1. The van der Waals surface area contributed by atoms with Crippen LogP contribution in [0.2, 0.25) is 5.02 Å². The van der Waals surface area contributed by atoms with Crippen LogP contribution in [0.15, 0.2) is 18.2 Å². The fourth-order valence-electron chi connectivity index (χ4n) is 3.99. The van der Waals surface area contributed by atoms with Gasteiger partial charge in [-0.2, -0.15) is 0 Å². The van der Waals surface area contributed by atoms with Crippen molar-refractivity contribution >= 4 is 11.6 Å². The molecule has 0 aliphatic heterocycles. The van der Waals surface area contributed by atoms with Gasteiger partial charge in [-0.1, -0.05) is 23.8 Å². The van der Waals surface area contributed by atoms with E-state index in [4.69, 9.17) is 21.1 Å². The molecule has 0 spiro atoms. The number of aliphatic hydroxyl groups excluding tert-OH is 1. The smallest absolute Gasteiger partial charge is 0.165 e. The Labute approximate surface area is 130 Å². The van der Waals surface area contributed by atoms with Gasteiger partial charge in [-0.15, -0.1) is 0 Å². The van der Waals surface area contributed by atoms with Crippen molar-refractivity contribution in [2.45, 2.75) is 31.1 Å². The molecule has 0 saturated carbocycles. The molecule has 0 heterocycles. The summed E-state index contributed by atoms with van der Waals surface area (Å²) in [5, 5.41) is 10.9. The summed E-state index contributed by atoms with van der Waals surface area (Å²) in [4.78, 5) is 0. The first-order valence-corrected chi connectivity index (χ1v) is 7.78. The summed E-state index contributed by atoms with van der Waals surface area (Å²) in [6, 6.07) is 1.82. The molecule has 2 aliphatic carbocycles. The Bertz CT molecular complexity index is 582. The van der Waals surface area contributed by atoms with Crippen molar-refractivity contribution in [3.8, 4) is 11.5 Å². The number of aliphatic hydroxyl groups is 1. The molecule has 21 heavy (non-hydrogen) atoms. The van der Waals surface area contributed by atoms with Gasteiger partial charge in [-0.3, -0.25) is 0 Å². The van der Waals surface area contributed by atoms with Gasteiger partial charge < -0.3 is 14.6 Å². The van der Waals surface area contributed by atoms with Gasteiger partial charge in [0.05, 0.1) is 20.8 Å². The maximum atomic E-state index is 10.2. The second kappa shape index (κ2) is 5.54. The van der Waals surface area contributed by atoms with Gasteiger partial charge in [0, 0.05) is 22.1 Å². The Morgan fingerprint density at radius 2 is 2.14 bits per heavy atom. The van der Waals surface area contributed by atoms with Gasteiger partial charge in [0.2, 0.25) is 0 Å². The van der Waals surface area contributed by atoms with E-state index in [1.807, 2.05) is 6.07 Å². The predicted octanol–water partition coefficient (Wildman–Crippen LogP) is 3.50. The minimum atomic E-state index is -0.393.